The van der Waals surface area contributed by atoms with Crippen molar-refractivity contribution in [2.24, 2.45) is 5.73 Å². The molecular formula is C13H19NO3. The first-order chi connectivity index (χ1) is 8.21. The summed E-state index contributed by atoms with van der Waals surface area (Å²) in [6, 6.07) is 9.45. The average Bonchev–Trinajstić information content (AvgIpc) is 2.41. The Kier molecular flexibility index (Phi) is 5.12. The van der Waals surface area contributed by atoms with Gasteiger partial charge in [-0.05, 0) is 12.0 Å². The summed E-state index contributed by atoms with van der Waals surface area (Å²) in [5.41, 5.74) is 5.85. The fourth-order valence-corrected chi connectivity index (χ4v) is 1.90. The molecule has 0 bridgehead atoms. The molecule has 0 radical (unpaired) electrons. The molecule has 0 saturated heterocycles. The summed E-state index contributed by atoms with van der Waals surface area (Å²) in [5, 5.41) is 0. The highest BCUT2D eigenvalue weighted by atomic mass is 16.5. The fourth-order valence-electron chi connectivity index (χ4n) is 1.90. The van der Waals surface area contributed by atoms with E-state index in [1.54, 1.807) is 7.11 Å². The topological polar surface area (TPSA) is 61.5 Å². The van der Waals surface area contributed by atoms with E-state index in [0.717, 1.165) is 5.56 Å². The molecule has 2 N–H and O–H groups in total. The van der Waals surface area contributed by atoms with Crippen LogP contribution in [0.2, 0.25) is 0 Å². The Balaban J connectivity index is 3.11. The number of esters is 1. The van der Waals surface area contributed by atoms with Crippen LogP contribution >= 0.6 is 0 Å². The third-order valence-corrected chi connectivity index (χ3v) is 2.98. The lowest BCUT2D eigenvalue weighted by Gasteiger charge is -2.29. The van der Waals surface area contributed by atoms with Gasteiger partial charge in [-0.25, -0.2) is 0 Å². The maximum Gasteiger partial charge on any atom is 0.317 e. The standard InChI is InChI=1S/C13H19NO3/c1-16-9-8-13(10-14,12(15)17-2)11-6-4-3-5-7-11/h3-7H,8-10,14H2,1-2H3. The number of methoxy groups -OCH3 is 2. The maximum absolute atomic E-state index is 12.0. The molecule has 0 amide bonds. The summed E-state index contributed by atoms with van der Waals surface area (Å²) in [4.78, 5) is 12.0. The third-order valence-electron chi connectivity index (χ3n) is 2.98. The molecule has 0 aliphatic carbocycles. The number of carbonyl (C=O) groups is 1. The second-order valence-electron chi connectivity index (χ2n) is 3.89. The second kappa shape index (κ2) is 6.37. The van der Waals surface area contributed by atoms with E-state index in [1.165, 1.54) is 7.11 Å². The van der Waals surface area contributed by atoms with Gasteiger partial charge in [0.2, 0.25) is 0 Å². The number of rotatable bonds is 6. The summed E-state index contributed by atoms with van der Waals surface area (Å²) < 4.78 is 9.94. The Morgan fingerprint density at radius 3 is 2.41 bits per heavy atom. The Hall–Kier alpha value is -1.39. The van der Waals surface area contributed by atoms with Crippen molar-refractivity contribution in [2.75, 3.05) is 27.4 Å². The minimum atomic E-state index is -0.813. The third kappa shape index (κ3) is 2.84. The summed E-state index contributed by atoms with van der Waals surface area (Å²) >= 11 is 0. The Morgan fingerprint density at radius 2 is 1.94 bits per heavy atom. The lowest BCUT2D eigenvalue weighted by atomic mass is 9.78. The Bertz CT molecular complexity index is 353. The molecule has 4 nitrogen and oxygen atoms in total. The molecule has 94 valence electrons. The van der Waals surface area contributed by atoms with Gasteiger partial charge in [-0.1, -0.05) is 30.3 Å². The zero-order valence-electron chi connectivity index (χ0n) is 10.3. The van der Waals surface area contributed by atoms with Crippen LogP contribution in [0.3, 0.4) is 0 Å². The first-order valence-corrected chi connectivity index (χ1v) is 5.54. The Morgan fingerprint density at radius 1 is 1.29 bits per heavy atom. The normalized spacial score (nSPS) is 14.1. The lowest BCUT2D eigenvalue weighted by Crippen LogP contribution is -2.44. The van der Waals surface area contributed by atoms with Crippen molar-refractivity contribution < 1.29 is 14.3 Å². The SMILES string of the molecule is COCCC(CN)(C(=O)OC)c1ccccc1. The predicted molar refractivity (Wildman–Crippen MR) is 65.7 cm³/mol. The first kappa shape index (κ1) is 13.7. The first-order valence-electron chi connectivity index (χ1n) is 5.54. The van der Waals surface area contributed by atoms with E-state index in [4.69, 9.17) is 15.2 Å². The van der Waals surface area contributed by atoms with Gasteiger partial charge in [0.25, 0.3) is 0 Å². The van der Waals surface area contributed by atoms with Crippen molar-refractivity contribution in [1.29, 1.82) is 0 Å². The van der Waals surface area contributed by atoms with Gasteiger partial charge in [0.15, 0.2) is 0 Å². The number of ether oxygens (including phenoxy) is 2. The van der Waals surface area contributed by atoms with E-state index in [9.17, 15) is 4.79 Å². The van der Waals surface area contributed by atoms with Crippen LogP contribution < -0.4 is 5.73 Å². The van der Waals surface area contributed by atoms with Crippen LogP contribution in [0, 0.1) is 0 Å². The molecule has 1 aromatic rings. The molecule has 0 saturated carbocycles. The van der Waals surface area contributed by atoms with Gasteiger partial charge in [-0.2, -0.15) is 0 Å². The second-order valence-corrected chi connectivity index (χ2v) is 3.89. The van der Waals surface area contributed by atoms with Crippen LogP contribution in [0.1, 0.15) is 12.0 Å². The van der Waals surface area contributed by atoms with Crippen LogP contribution in [0.4, 0.5) is 0 Å². The molecule has 1 atom stereocenters. The molecule has 1 rings (SSSR count). The highest BCUT2D eigenvalue weighted by Gasteiger charge is 2.39. The van der Waals surface area contributed by atoms with Crippen molar-refractivity contribution in [3.63, 3.8) is 0 Å². The van der Waals surface area contributed by atoms with E-state index >= 15 is 0 Å². The molecule has 0 aliphatic heterocycles. The van der Waals surface area contributed by atoms with E-state index in [-0.39, 0.29) is 12.5 Å². The molecule has 0 aliphatic rings. The van der Waals surface area contributed by atoms with Crippen molar-refractivity contribution >= 4 is 5.97 Å². The fraction of sp³-hybridized carbons (Fsp3) is 0.462. The number of carbonyl (C=O) groups excluding carboxylic acids is 1. The van der Waals surface area contributed by atoms with Gasteiger partial charge in [-0.3, -0.25) is 4.79 Å². The quantitative estimate of drug-likeness (QED) is 0.752. The van der Waals surface area contributed by atoms with E-state index < -0.39 is 5.41 Å². The molecule has 4 heteroatoms. The molecule has 1 unspecified atom stereocenters. The average molecular weight is 237 g/mol. The molecule has 0 spiro atoms. The maximum atomic E-state index is 12.0. The summed E-state index contributed by atoms with van der Waals surface area (Å²) in [7, 11) is 2.98. The highest BCUT2D eigenvalue weighted by Crippen LogP contribution is 2.28. The molecular weight excluding hydrogens is 218 g/mol. The van der Waals surface area contributed by atoms with Gasteiger partial charge in [-0.15, -0.1) is 0 Å². The largest absolute Gasteiger partial charge is 0.468 e. The van der Waals surface area contributed by atoms with Crippen molar-refractivity contribution in [3.8, 4) is 0 Å². The smallest absolute Gasteiger partial charge is 0.317 e. The van der Waals surface area contributed by atoms with Gasteiger partial charge in [0.1, 0.15) is 5.41 Å². The summed E-state index contributed by atoms with van der Waals surface area (Å²) in [5.74, 6) is -0.316. The molecule has 0 fully saturated rings. The number of hydrogen-bond acceptors (Lipinski definition) is 4. The van der Waals surface area contributed by atoms with Gasteiger partial charge < -0.3 is 15.2 Å². The zero-order chi connectivity index (χ0) is 12.7. The minimum Gasteiger partial charge on any atom is -0.468 e. The van der Waals surface area contributed by atoms with Crippen molar-refractivity contribution in [1.82, 2.24) is 0 Å². The van der Waals surface area contributed by atoms with Crippen molar-refractivity contribution in [3.05, 3.63) is 35.9 Å². The van der Waals surface area contributed by atoms with Crippen molar-refractivity contribution in [2.45, 2.75) is 11.8 Å². The van der Waals surface area contributed by atoms with Crippen LogP contribution in [0.25, 0.3) is 0 Å². The lowest BCUT2D eigenvalue weighted by molar-refractivity contribution is -0.148. The minimum absolute atomic E-state index is 0.201. The number of nitrogens with two attached hydrogens (primary N) is 1. The number of hydrogen-bond donors (Lipinski definition) is 1. The van der Waals surface area contributed by atoms with E-state index in [2.05, 4.69) is 0 Å². The molecule has 1 aromatic carbocycles. The van der Waals surface area contributed by atoms with Gasteiger partial charge in [0, 0.05) is 20.3 Å². The Labute approximate surface area is 102 Å². The monoisotopic (exact) mass is 237 g/mol. The predicted octanol–water partition coefficient (Wildman–Crippen LogP) is 1.09. The van der Waals surface area contributed by atoms with E-state index in [0.29, 0.717) is 13.0 Å². The van der Waals surface area contributed by atoms with Crippen LogP contribution in [-0.2, 0) is 19.7 Å². The summed E-state index contributed by atoms with van der Waals surface area (Å²) in [6.07, 6.45) is 0.511. The summed E-state index contributed by atoms with van der Waals surface area (Å²) in [6.45, 7) is 0.661. The highest BCUT2D eigenvalue weighted by molar-refractivity contribution is 5.83. The van der Waals surface area contributed by atoms with Gasteiger partial charge >= 0.3 is 5.97 Å². The van der Waals surface area contributed by atoms with Crippen LogP contribution in [0.15, 0.2) is 30.3 Å². The van der Waals surface area contributed by atoms with Gasteiger partial charge in [0.05, 0.1) is 7.11 Å². The van der Waals surface area contributed by atoms with Crippen LogP contribution in [0.5, 0.6) is 0 Å². The molecule has 0 heterocycles. The van der Waals surface area contributed by atoms with E-state index in [1.807, 2.05) is 30.3 Å². The zero-order valence-corrected chi connectivity index (χ0v) is 10.3. The molecule has 17 heavy (non-hydrogen) atoms. The molecule has 0 aromatic heterocycles. The number of benzene rings is 1. The van der Waals surface area contributed by atoms with Crippen LogP contribution in [-0.4, -0.2) is 33.3 Å².